The summed E-state index contributed by atoms with van der Waals surface area (Å²) in [5, 5.41) is 3.29. The molecule has 0 spiro atoms. The summed E-state index contributed by atoms with van der Waals surface area (Å²) in [7, 11) is 0. The molecule has 1 aromatic heterocycles. The summed E-state index contributed by atoms with van der Waals surface area (Å²) in [6, 6.07) is 0. The van der Waals surface area contributed by atoms with Crippen LogP contribution in [0.5, 0.6) is 0 Å². The van der Waals surface area contributed by atoms with Crippen molar-refractivity contribution < 1.29 is 4.74 Å². The standard InChI is InChI=1S/C12H21N3O/c1-4-16-12(2,3)8-15-9-14-7-11(15)10-5-13-6-10/h7,9-10,13H,4-6,8H2,1-3H3. The lowest BCUT2D eigenvalue weighted by atomic mass is 9.99. The first kappa shape index (κ1) is 11.6. The molecule has 0 bridgehead atoms. The van der Waals surface area contributed by atoms with Crippen molar-refractivity contribution in [1.29, 1.82) is 0 Å². The van der Waals surface area contributed by atoms with Gasteiger partial charge in [0.2, 0.25) is 0 Å². The van der Waals surface area contributed by atoms with E-state index in [0.29, 0.717) is 5.92 Å². The molecule has 1 aliphatic heterocycles. The van der Waals surface area contributed by atoms with E-state index in [1.807, 2.05) is 19.4 Å². The van der Waals surface area contributed by atoms with Crippen LogP contribution in [0.25, 0.3) is 0 Å². The van der Waals surface area contributed by atoms with Crippen molar-refractivity contribution in [2.45, 2.75) is 38.8 Å². The first-order valence-electron chi connectivity index (χ1n) is 5.97. The predicted molar refractivity (Wildman–Crippen MR) is 63.5 cm³/mol. The summed E-state index contributed by atoms with van der Waals surface area (Å²) < 4.78 is 7.95. The Morgan fingerprint density at radius 3 is 2.88 bits per heavy atom. The Morgan fingerprint density at radius 2 is 2.31 bits per heavy atom. The van der Waals surface area contributed by atoms with Crippen molar-refractivity contribution >= 4 is 0 Å². The fourth-order valence-electron chi connectivity index (χ4n) is 2.15. The molecule has 4 nitrogen and oxygen atoms in total. The largest absolute Gasteiger partial charge is 0.374 e. The number of nitrogens with one attached hydrogen (secondary N) is 1. The minimum atomic E-state index is -0.124. The third kappa shape index (κ3) is 2.44. The second-order valence-electron chi connectivity index (χ2n) is 4.99. The van der Waals surface area contributed by atoms with Gasteiger partial charge in [-0.05, 0) is 20.8 Å². The van der Waals surface area contributed by atoms with E-state index in [9.17, 15) is 0 Å². The van der Waals surface area contributed by atoms with E-state index < -0.39 is 0 Å². The number of aromatic nitrogens is 2. The van der Waals surface area contributed by atoms with Gasteiger partial charge in [0.1, 0.15) is 0 Å². The molecule has 90 valence electrons. The number of imidazole rings is 1. The van der Waals surface area contributed by atoms with Gasteiger partial charge in [-0.1, -0.05) is 0 Å². The molecule has 4 heteroatoms. The van der Waals surface area contributed by atoms with Gasteiger partial charge in [0.05, 0.1) is 18.5 Å². The number of rotatable bonds is 5. The molecule has 0 unspecified atom stereocenters. The van der Waals surface area contributed by atoms with E-state index in [1.165, 1.54) is 5.69 Å². The highest BCUT2D eigenvalue weighted by Crippen LogP contribution is 2.22. The molecule has 2 rings (SSSR count). The molecular formula is C12H21N3O. The van der Waals surface area contributed by atoms with E-state index >= 15 is 0 Å². The molecular weight excluding hydrogens is 202 g/mol. The quantitative estimate of drug-likeness (QED) is 0.819. The van der Waals surface area contributed by atoms with Crippen LogP contribution in [0.15, 0.2) is 12.5 Å². The van der Waals surface area contributed by atoms with Crippen LogP contribution in [0.4, 0.5) is 0 Å². The number of hydrogen-bond donors (Lipinski definition) is 1. The monoisotopic (exact) mass is 223 g/mol. The second-order valence-corrected chi connectivity index (χ2v) is 4.99. The van der Waals surface area contributed by atoms with Crippen molar-refractivity contribution in [1.82, 2.24) is 14.9 Å². The van der Waals surface area contributed by atoms with Gasteiger partial charge in [-0.25, -0.2) is 4.98 Å². The van der Waals surface area contributed by atoms with Crippen LogP contribution in [-0.2, 0) is 11.3 Å². The molecule has 1 aromatic rings. The summed E-state index contributed by atoms with van der Waals surface area (Å²) in [6.07, 6.45) is 3.89. The van der Waals surface area contributed by atoms with Crippen LogP contribution >= 0.6 is 0 Å². The van der Waals surface area contributed by atoms with E-state index in [1.54, 1.807) is 0 Å². The average Bonchev–Trinajstić information content (AvgIpc) is 2.49. The number of nitrogens with zero attached hydrogens (tertiary/aromatic N) is 2. The van der Waals surface area contributed by atoms with Gasteiger partial charge in [-0.3, -0.25) is 0 Å². The second kappa shape index (κ2) is 4.55. The van der Waals surface area contributed by atoms with Crippen LogP contribution in [0, 0.1) is 0 Å². The Kier molecular flexibility index (Phi) is 3.30. The smallest absolute Gasteiger partial charge is 0.0949 e. The molecule has 2 heterocycles. The fraction of sp³-hybridized carbons (Fsp3) is 0.750. The predicted octanol–water partition coefficient (Wildman–Crippen LogP) is 1.38. The summed E-state index contributed by atoms with van der Waals surface area (Å²) in [5.41, 5.74) is 1.20. The first-order chi connectivity index (χ1) is 7.62. The zero-order chi connectivity index (χ0) is 11.6. The van der Waals surface area contributed by atoms with E-state index in [-0.39, 0.29) is 5.60 Å². The average molecular weight is 223 g/mol. The molecule has 0 amide bonds. The summed E-state index contributed by atoms with van der Waals surface area (Å²) >= 11 is 0. The maximum Gasteiger partial charge on any atom is 0.0949 e. The number of hydrogen-bond acceptors (Lipinski definition) is 3. The Balaban J connectivity index is 2.06. The van der Waals surface area contributed by atoms with Crippen LogP contribution < -0.4 is 5.32 Å². The van der Waals surface area contributed by atoms with E-state index in [4.69, 9.17) is 4.74 Å². The summed E-state index contributed by atoms with van der Waals surface area (Å²) in [4.78, 5) is 4.25. The summed E-state index contributed by atoms with van der Waals surface area (Å²) in [5.74, 6) is 0.625. The molecule has 1 fully saturated rings. The number of ether oxygens (including phenoxy) is 1. The molecule has 1 aliphatic rings. The summed E-state index contributed by atoms with van der Waals surface area (Å²) in [6.45, 7) is 10.0. The highest BCUT2D eigenvalue weighted by Gasteiger charge is 2.25. The molecule has 0 radical (unpaired) electrons. The van der Waals surface area contributed by atoms with Crippen LogP contribution in [-0.4, -0.2) is 34.8 Å². The van der Waals surface area contributed by atoms with Crippen LogP contribution in [0.1, 0.15) is 32.4 Å². The van der Waals surface area contributed by atoms with Gasteiger partial charge in [0.25, 0.3) is 0 Å². The van der Waals surface area contributed by atoms with Crippen LogP contribution in [0.2, 0.25) is 0 Å². The van der Waals surface area contributed by atoms with Crippen molar-refractivity contribution in [2.75, 3.05) is 19.7 Å². The van der Waals surface area contributed by atoms with Crippen molar-refractivity contribution in [3.63, 3.8) is 0 Å². The zero-order valence-corrected chi connectivity index (χ0v) is 10.4. The maximum absolute atomic E-state index is 5.72. The SMILES string of the molecule is CCOC(C)(C)Cn1cncc1C1CNC1. The molecule has 0 atom stereocenters. The maximum atomic E-state index is 5.72. The Bertz CT molecular complexity index is 342. The lowest BCUT2D eigenvalue weighted by Crippen LogP contribution is -2.41. The molecule has 16 heavy (non-hydrogen) atoms. The van der Waals surface area contributed by atoms with E-state index in [0.717, 1.165) is 26.2 Å². The Labute approximate surface area is 97.0 Å². The zero-order valence-electron chi connectivity index (χ0n) is 10.4. The van der Waals surface area contributed by atoms with Crippen LogP contribution in [0.3, 0.4) is 0 Å². The minimum absolute atomic E-state index is 0.124. The molecule has 1 N–H and O–H groups in total. The first-order valence-corrected chi connectivity index (χ1v) is 5.97. The topological polar surface area (TPSA) is 39.1 Å². The van der Waals surface area contributed by atoms with Gasteiger partial charge >= 0.3 is 0 Å². The van der Waals surface area contributed by atoms with Gasteiger partial charge in [0.15, 0.2) is 0 Å². The van der Waals surface area contributed by atoms with Crippen molar-refractivity contribution in [2.24, 2.45) is 0 Å². The lowest BCUT2D eigenvalue weighted by molar-refractivity contribution is -0.0231. The lowest BCUT2D eigenvalue weighted by Gasteiger charge is -2.31. The fourth-order valence-corrected chi connectivity index (χ4v) is 2.15. The van der Waals surface area contributed by atoms with Gasteiger partial charge in [-0.2, -0.15) is 0 Å². The van der Waals surface area contributed by atoms with E-state index in [2.05, 4.69) is 28.7 Å². The highest BCUT2D eigenvalue weighted by atomic mass is 16.5. The molecule has 0 aliphatic carbocycles. The highest BCUT2D eigenvalue weighted by molar-refractivity contribution is 5.12. The molecule has 0 aromatic carbocycles. The third-order valence-electron chi connectivity index (χ3n) is 3.03. The van der Waals surface area contributed by atoms with Gasteiger partial charge in [-0.15, -0.1) is 0 Å². The Morgan fingerprint density at radius 1 is 1.56 bits per heavy atom. The third-order valence-corrected chi connectivity index (χ3v) is 3.03. The molecule has 1 saturated heterocycles. The Hall–Kier alpha value is -0.870. The van der Waals surface area contributed by atoms with Crippen molar-refractivity contribution in [3.8, 4) is 0 Å². The minimum Gasteiger partial charge on any atom is -0.374 e. The van der Waals surface area contributed by atoms with Gasteiger partial charge in [0, 0.05) is 37.5 Å². The normalized spacial score (nSPS) is 17.4. The molecule has 0 saturated carbocycles. The van der Waals surface area contributed by atoms with Crippen molar-refractivity contribution in [3.05, 3.63) is 18.2 Å². The van der Waals surface area contributed by atoms with Gasteiger partial charge < -0.3 is 14.6 Å².